The SMILES string of the molecule is CCCCCCCCC=CCCCCCCCC[N+](CCCCCCCCCCCCCCCCCC)(CCCCCCCCCCCCCCCCCC)C(=O)OCC. The van der Waals surface area contributed by atoms with E-state index in [1.54, 1.807) is 0 Å². The molecule has 3 heteroatoms. The van der Waals surface area contributed by atoms with E-state index in [-0.39, 0.29) is 6.09 Å². The molecule has 0 aromatic heterocycles. The summed E-state index contributed by atoms with van der Waals surface area (Å²) in [5.41, 5.74) is 0. The molecule has 0 fully saturated rings. The third-order valence-electron chi connectivity index (χ3n) is 13.6. The van der Waals surface area contributed by atoms with Gasteiger partial charge in [0.1, 0.15) is 0 Å². The quantitative estimate of drug-likeness (QED) is 0.0346. The van der Waals surface area contributed by atoms with Crippen LogP contribution in [0.15, 0.2) is 12.2 Å². The Morgan fingerprint density at radius 3 is 0.717 bits per heavy atom. The predicted octanol–water partition coefficient (Wildman–Crippen LogP) is 20.5. The van der Waals surface area contributed by atoms with Crippen LogP contribution in [-0.2, 0) is 4.74 Å². The standard InChI is InChI=1S/C57H114NO2/c1-5-9-12-15-18-21-24-27-30-33-36-39-42-45-48-51-54-58(57(59)60-8-4,55-52-49-46-43-40-37-34-31-28-25-22-19-16-13-10-6-2)56-53-50-47-44-41-38-35-32-29-26-23-20-17-14-11-7-3/h27,30H,5-26,28-29,31-56H2,1-4H3/q+1. The minimum Gasteiger partial charge on any atom is -0.420 e. The summed E-state index contributed by atoms with van der Waals surface area (Å²) in [6.45, 7) is 12.4. The lowest BCUT2D eigenvalue weighted by Crippen LogP contribution is -2.55. The van der Waals surface area contributed by atoms with Crippen LogP contribution >= 0.6 is 0 Å². The summed E-state index contributed by atoms with van der Waals surface area (Å²) in [6, 6.07) is 0. The summed E-state index contributed by atoms with van der Waals surface area (Å²) in [7, 11) is 0. The Balaban J connectivity index is 4.57. The number of quaternary nitrogens is 1. The van der Waals surface area contributed by atoms with Gasteiger partial charge in [0.05, 0.1) is 26.2 Å². The number of hydrogen-bond acceptors (Lipinski definition) is 2. The highest BCUT2D eigenvalue weighted by molar-refractivity contribution is 5.59. The maximum absolute atomic E-state index is 13.8. The van der Waals surface area contributed by atoms with Gasteiger partial charge in [0.2, 0.25) is 0 Å². The van der Waals surface area contributed by atoms with Gasteiger partial charge < -0.3 is 4.74 Å². The third-order valence-corrected chi connectivity index (χ3v) is 13.6. The van der Waals surface area contributed by atoms with Crippen LogP contribution in [0.25, 0.3) is 0 Å². The molecule has 60 heavy (non-hydrogen) atoms. The van der Waals surface area contributed by atoms with E-state index in [1.807, 2.05) is 6.92 Å². The summed E-state index contributed by atoms with van der Waals surface area (Å²) in [4.78, 5) is 13.8. The molecule has 3 nitrogen and oxygen atoms in total. The zero-order valence-electron chi connectivity index (χ0n) is 42.3. The van der Waals surface area contributed by atoms with E-state index in [1.165, 1.54) is 289 Å². The number of rotatable bonds is 51. The summed E-state index contributed by atoms with van der Waals surface area (Å²) in [6.07, 6.45) is 68.0. The number of carbonyl (C=O) groups excluding carboxylic acids is 1. The van der Waals surface area contributed by atoms with Crippen LogP contribution in [0, 0.1) is 0 Å². The molecule has 0 N–H and O–H groups in total. The molecule has 0 aromatic rings. The fourth-order valence-electron chi connectivity index (χ4n) is 9.46. The monoisotopic (exact) mass is 845 g/mol. The molecule has 1 amide bonds. The highest BCUT2D eigenvalue weighted by atomic mass is 16.6. The average Bonchev–Trinajstić information content (AvgIpc) is 3.25. The largest absolute Gasteiger partial charge is 0.516 e. The molecule has 0 saturated heterocycles. The maximum atomic E-state index is 13.8. The van der Waals surface area contributed by atoms with Crippen molar-refractivity contribution in [1.29, 1.82) is 0 Å². The van der Waals surface area contributed by atoms with Gasteiger partial charge in [-0.15, -0.1) is 0 Å². The Morgan fingerprint density at radius 1 is 0.300 bits per heavy atom. The van der Waals surface area contributed by atoms with Crippen molar-refractivity contribution in [2.45, 2.75) is 323 Å². The zero-order valence-corrected chi connectivity index (χ0v) is 42.3. The van der Waals surface area contributed by atoms with Gasteiger partial charge in [-0.1, -0.05) is 264 Å². The molecule has 358 valence electrons. The summed E-state index contributed by atoms with van der Waals surface area (Å²) < 4.78 is 6.46. The first-order valence-corrected chi connectivity index (χ1v) is 28.3. The Morgan fingerprint density at radius 2 is 0.500 bits per heavy atom. The zero-order chi connectivity index (χ0) is 43.6. The van der Waals surface area contributed by atoms with Gasteiger partial charge in [-0.25, -0.2) is 4.48 Å². The summed E-state index contributed by atoms with van der Waals surface area (Å²) >= 11 is 0. The first-order chi connectivity index (χ1) is 29.7. The molecule has 0 spiro atoms. The van der Waals surface area contributed by atoms with Crippen LogP contribution in [0.3, 0.4) is 0 Å². The van der Waals surface area contributed by atoms with E-state index < -0.39 is 0 Å². The first-order valence-electron chi connectivity index (χ1n) is 28.3. The van der Waals surface area contributed by atoms with Gasteiger partial charge >= 0.3 is 6.09 Å². The Labute approximate surface area is 380 Å². The van der Waals surface area contributed by atoms with Gasteiger partial charge in [-0.2, -0.15) is 4.79 Å². The topological polar surface area (TPSA) is 26.3 Å². The lowest BCUT2D eigenvalue weighted by Gasteiger charge is -2.35. The van der Waals surface area contributed by atoms with E-state index in [4.69, 9.17) is 4.74 Å². The normalized spacial score (nSPS) is 12.0. The lowest BCUT2D eigenvalue weighted by molar-refractivity contribution is -0.858. The van der Waals surface area contributed by atoms with E-state index in [9.17, 15) is 4.79 Å². The van der Waals surface area contributed by atoms with Gasteiger partial charge in [-0.3, -0.25) is 0 Å². The second-order valence-corrected chi connectivity index (χ2v) is 19.6. The number of hydrogen-bond donors (Lipinski definition) is 0. The predicted molar refractivity (Wildman–Crippen MR) is 270 cm³/mol. The minimum absolute atomic E-state index is 0.0761. The van der Waals surface area contributed by atoms with Crippen molar-refractivity contribution >= 4 is 6.09 Å². The smallest absolute Gasteiger partial charge is 0.420 e. The fraction of sp³-hybridized carbons (Fsp3) is 0.947. The number of carbonyl (C=O) groups is 1. The van der Waals surface area contributed by atoms with Gasteiger partial charge in [0.25, 0.3) is 0 Å². The van der Waals surface area contributed by atoms with Crippen LogP contribution in [0.2, 0.25) is 0 Å². The molecule has 0 bridgehead atoms. The van der Waals surface area contributed by atoms with Crippen LogP contribution in [-0.4, -0.2) is 36.8 Å². The van der Waals surface area contributed by atoms with Crippen molar-refractivity contribution in [3.8, 4) is 0 Å². The molecule has 0 rings (SSSR count). The van der Waals surface area contributed by atoms with Crippen LogP contribution < -0.4 is 0 Å². The lowest BCUT2D eigenvalue weighted by atomic mass is 10.0. The first kappa shape index (κ1) is 59.2. The molecule has 0 radical (unpaired) electrons. The molecule has 0 aromatic carbocycles. The van der Waals surface area contributed by atoms with Crippen LogP contribution in [0.5, 0.6) is 0 Å². The molecule has 0 aliphatic carbocycles. The summed E-state index contributed by atoms with van der Waals surface area (Å²) in [5.74, 6) is 0. The van der Waals surface area contributed by atoms with Crippen molar-refractivity contribution in [1.82, 2.24) is 0 Å². The highest BCUT2D eigenvalue weighted by Gasteiger charge is 2.37. The molecular weight excluding hydrogens is 731 g/mol. The van der Waals surface area contributed by atoms with Crippen molar-refractivity contribution in [3.63, 3.8) is 0 Å². The number of nitrogens with zero attached hydrogens (tertiary/aromatic N) is 1. The van der Waals surface area contributed by atoms with Crippen molar-refractivity contribution in [2.75, 3.05) is 26.2 Å². The molecule has 0 aliphatic rings. The van der Waals surface area contributed by atoms with Crippen LogP contribution in [0.4, 0.5) is 4.79 Å². The molecule has 0 heterocycles. The molecular formula is C57H114NO2+. The van der Waals surface area contributed by atoms with Crippen molar-refractivity contribution in [2.24, 2.45) is 0 Å². The molecule has 0 saturated carbocycles. The van der Waals surface area contributed by atoms with Crippen molar-refractivity contribution < 1.29 is 14.0 Å². The van der Waals surface area contributed by atoms with Gasteiger partial charge in [-0.05, 0) is 71.1 Å². The van der Waals surface area contributed by atoms with Crippen LogP contribution in [0.1, 0.15) is 323 Å². The average molecular weight is 846 g/mol. The fourth-order valence-corrected chi connectivity index (χ4v) is 9.46. The number of amides is 1. The third kappa shape index (κ3) is 42.5. The second kappa shape index (κ2) is 50.8. The van der Waals surface area contributed by atoms with Gasteiger partial charge in [0, 0.05) is 0 Å². The van der Waals surface area contributed by atoms with Crippen molar-refractivity contribution in [3.05, 3.63) is 12.2 Å². The second-order valence-electron chi connectivity index (χ2n) is 19.6. The number of allylic oxidation sites excluding steroid dienone is 2. The van der Waals surface area contributed by atoms with Gasteiger partial charge in [0.15, 0.2) is 0 Å². The van der Waals surface area contributed by atoms with E-state index in [0.29, 0.717) is 11.1 Å². The Hall–Kier alpha value is -0.830. The number of ether oxygens (including phenoxy) is 1. The van der Waals surface area contributed by atoms with E-state index in [0.717, 1.165) is 26.1 Å². The van der Waals surface area contributed by atoms with E-state index >= 15 is 0 Å². The minimum atomic E-state index is 0.0761. The molecule has 0 atom stereocenters. The molecule has 0 unspecified atom stereocenters. The summed E-state index contributed by atoms with van der Waals surface area (Å²) in [5, 5.41) is 0. The Bertz CT molecular complexity index is 802. The van der Waals surface area contributed by atoms with E-state index in [2.05, 4.69) is 32.9 Å². The highest BCUT2D eigenvalue weighted by Crippen LogP contribution is 2.22. The number of unbranched alkanes of at least 4 members (excludes halogenated alkanes) is 42. The maximum Gasteiger partial charge on any atom is 0.516 e. The Kier molecular flexibility index (Phi) is 50.1. The molecule has 0 aliphatic heterocycles.